The summed E-state index contributed by atoms with van der Waals surface area (Å²) in [6.07, 6.45) is 0. The molecule has 0 bridgehead atoms. The van der Waals surface area contributed by atoms with Crippen molar-refractivity contribution in [2.75, 3.05) is 18.0 Å². The Balaban J connectivity index is 3.10. The minimum atomic E-state index is 0.155. The minimum absolute atomic E-state index is 0.155. The summed E-state index contributed by atoms with van der Waals surface area (Å²) >= 11 is 0. The number of oxime groups is 1. The van der Waals surface area contributed by atoms with Gasteiger partial charge in [0.05, 0.1) is 0 Å². The lowest BCUT2D eigenvalue weighted by atomic mass is 10.1. The number of nitrogens with two attached hydrogens (primary N) is 1. The molecular formula is C13H21N3O. The van der Waals surface area contributed by atoms with Crippen LogP contribution < -0.4 is 10.6 Å². The second kappa shape index (κ2) is 6.13. The van der Waals surface area contributed by atoms with E-state index in [-0.39, 0.29) is 5.84 Å². The average molecular weight is 235 g/mol. The molecule has 0 fully saturated rings. The van der Waals surface area contributed by atoms with Gasteiger partial charge in [0, 0.05) is 24.3 Å². The van der Waals surface area contributed by atoms with E-state index in [9.17, 15) is 0 Å². The zero-order chi connectivity index (χ0) is 12.8. The Labute approximate surface area is 103 Å². The van der Waals surface area contributed by atoms with Crippen LogP contribution in [0.1, 0.15) is 26.3 Å². The number of hydrogen-bond donors (Lipinski definition) is 2. The first-order valence-electron chi connectivity index (χ1n) is 5.92. The maximum absolute atomic E-state index is 8.79. The van der Waals surface area contributed by atoms with Crippen LogP contribution in [0.25, 0.3) is 0 Å². The second-order valence-corrected chi connectivity index (χ2v) is 4.43. The van der Waals surface area contributed by atoms with E-state index in [0.717, 1.165) is 24.3 Å². The lowest BCUT2D eigenvalue weighted by molar-refractivity contribution is 0.318. The Morgan fingerprint density at radius 3 is 2.59 bits per heavy atom. The van der Waals surface area contributed by atoms with Gasteiger partial charge in [-0.15, -0.1) is 0 Å². The van der Waals surface area contributed by atoms with Crippen molar-refractivity contribution in [1.29, 1.82) is 0 Å². The first-order valence-corrected chi connectivity index (χ1v) is 5.92. The van der Waals surface area contributed by atoms with Crippen molar-refractivity contribution < 1.29 is 5.21 Å². The van der Waals surface area contributed by atoms with Gasteiger partial charge >= 0.3 is 0 Å². The number of nitrogens with zero attached hydrogens (tertiary/aromatic N) is 2. The second-order valence-electron chi connectivity index (χ2n) is 4.43. The third-order valence-corrected chi connectivity index (χ3v) is 2.60. The smallest absolute Gasteiger partial charge is 0.172 e. The van der Waals surface area contributed by atoms with Gasteiger partial charge in [0.25, 0.3) is 0 Å². The van der Waals surface area contributed by atoms with Crippen LogP contribution in [0, 0.1) is 5.92 Å². The van der Waals surface area contributed by atoms with Gasteiger partial charge in [0.15, 0.2) is 5.84 Å². The fourth-order valence-electron chi connectivity index (χ4n) is 1.86. The summed E-state index contributed by atoms with van der Waals surface area (Å²) in [5, 5.41) is 11.9. The van der Waals surface area contributed by atoms with Crippen molar-refractivity contribution in [3.05, 3.63) is 29.8 Å². The van der Waals surface area contributed by atoms with Gasteiger partial charge in [0.2, 0.25) is 0 Å². The summed E-state index contributed by atoms with van der Waals surface area (Å²) in [6.45, 7) is 8.30. The number of hydrogen-bond acceptors (Lipinski definition) is 3. The van der Waals surface area contributed by atoms with E-state index in [1.165, 1.54) is 0 Å². The summed E-state index contributed by atoms with van der Waals surface area (Å²) in [6, 6.07) is 7.72. The molecule has 0 saturated heterocycles. The summed E-state index contributed by atoms with van der Waals surface area (Å²) < 4.78 is 0. The van der Waals surface area contributed by atoms with Crippen LogP contribution in [-0.4, -0.2) is 24.1 Å². The highest BCUT2D eigenvalue weighted by Crippen LogP contribution is 2.21. The van der Waals surface area contributed by atoms with E-state index in [4.69, 9.17) is 10.9 Å². The van der Waals surface area contributed by atoms with Gasteiger partial charge in [-0.1, -0.05) is 31.1 Å². The van der Waals surface area contributed by atoms with Crippen molar-refractivity contribution in [1.82, 2.24) is 0 Å². The van der Waals surface area contributed by atoms with Crippen LogP contribution in [0.2, 0.25) is 0 Å². The number of para-hydroxylation sites is 1. The average Bonchev–Trinajstić information content (AvgIpc) is 2.34. The minimum Gasteiger partial charge on any atom is -0.409 e. The predicted molar refractivity (Wildman–Crippen MR) is 71.7 cm³/mol. The molecule has 1 rings (SSSR count). The first-order chi connectivity index (χ1) is 8.10. The van der Waals surface area contributed by atoms with E-state index < -0.39 is 0 Å². The molecule has 94 valence electrons. The van der Waals surface area contributed by atoms with Gasteiger partial charge in [0.1, 0.15) is 0 Å². The highest BCUT2D eigenvalue weighted by atomic mass is 16.4. The number of rotatable bonds is 5. The van der Waals surface area contributed by atoms with Crippen LogP contribution in [0.3, 0.4) is 0 Å². The maximum atomic E-state index is 8.79. The number of anilines is 1. The molecule has 4 heteroatoms. The van der Waals surface area contributed by atoms with Crippen molar-refractivity contribution in [2.24, 2.45) is 16.8 Å². The Morgan fingerprint density at radius 2 is 2.06 bits per heavy atom. The Bertz CT molecular complexity index is 388. The van der Waals surface area contributed by atoms with Gasteiger partial charge in [-0.2, -0.15) is 0 Å². The van der Waals surface area contributed by atoms with Gasteiger partial charge in [-0.25, -0.2) is 0 Å². The van der Waals surface area contributed by atoms with Crippen LogP contribution in [0.15, 0.2) is 29.4 Å². The van der Waals surface area contributed by atoms with Crippen molar-refractivity contribution in [3.63, 3.8) is 0 Å². The molecule has 1 aromatic rings. The summed E-state index contributed by atoms with van der Waals surface area (Å²) in [5.41, 5.74) is 7.48. The normalized spacial score (nSPS) is 11.9. The molecule has 1 aromatic carbocycles. The first kappa shape index (κ1) is 13.4. The summed E-state index contributed by atoms with van der Waals surface area (Å²) in [4.78, 5) is 2.23. The Morgan fingerprint density at radius 1 is 1.41 bits per heavy atom. The molecule has 0 heterocycles. The molecule has 17 heavy (non-hydrogen) atoms. The molecule has 0 saturated carbocycles. The molecule has 0 aromatic heterocycles. The van der Waals surface area contributed by atoms with E-state index >= 15 is 0 Å². The molecule has 0 aliphatic heterocycles. The molecule has 4 nitrogen and oxygen atoms in total. The largest absolute Gasteiger partial charge is 0.409 e. The zero-order valence-corrected chi connectivity index (χ0v) is 10.7. The van der Waals surface area contributed by atoms with Gasteiger partial charge in [-0.3, -0.25) is 0 Å². The molecular weight excluding hydrogens is 214 g/mol. The predicted octanol–water partition coefficient (Wildman–Crippen LogP) is 2.26. The topological polar surface area (TPSA) is 61.8 Å². The molecule has 0 unspecified atom stereocenters. The third kappa shape index (κ3) is 3.37. The van der Waals surface area contributed by atoms with E-state index in [1.807, 2.05) is 24.3 Å². The van der Waals surface area contributed by atoms with E-state index in [1.54, 1.807) is 0 Å². The molecule has 0 aliphatic rings. The van der Waals surface area contributed by atoms with Crippen LogP contribution in [-0.2, 0) is 0 Å². The summed E-state index contributed by atoms with van der Waals surface area (Å²) in [5.74, 6) is 0.720. The SMILES string of the molecule is CCN(CC(C)C)c1ccccc1/C(N)=N/O. The Hall–Kier alpha value is -1.71. The lowest BCUT2D eigenvalue weighted by Gasteiger charge is -2.27. The van der Waals surface area contributed by atoms with Crippen LogP contribution >= 0.6 is 0 Å². The molecule has 3 N–H and O–H groups in total. The Kier molecular flexibility index (Phi) is 4.82. The van der Waals surface area contributed by atoms with Gasteiger partial charge in [-0.05, 0) is 25.0 Å². The molecule has 0 radical (unpaired) electrons. The van der Waals surface area contributed by atoms with Crippen molar-refractivity contribution in [3.8, 4) is 0 Å². The quantitative estimate of drug-likeness (QED) is 0.356. The lowest BCUT2D eigenvalue weighted by Crippen LogP contribution is -2.29. The van der Waals surface area contributed by atoms with Crippen molar-refractivity contribution in [2.45, 2.75) is 20.8 Å². The van der Waals surface area contributed by atoms with E-state index in [0.29, 0.717) is 5.92 Å². The van der Waals surface area contributed by atoms with Crippen LogP contribution in [0.5, 0.6) is 0 Å². The van der Waals surface area contributed by atoms with Crippen LogP contribution in [0.4, 0.5) is 5.69 Å². The number of benzene rings is 1. The number of amidine groups is 1. The zero-order valence-electron chi connectivity index (χ0n) is 10.7. The maximum Gasteiger partial charge on any atom is 0.172 e. The molecule has 0 amide bonds. The van der Waals surface area contributed by atoms with Crippen molar-refractivity contribution >= 4 is 11.5 Å². The molecule has 0 aliphatic carbocycles. The fraction of sp³-hybridized carbons (Fsp3) is 0.462. The molecule has 0 spiro atoms. The summed E-state index contributed by atoms with van der Waals surface area (Å²) in [7, 11) is 0. The molecule has 0 atom stereocenters. The monoisotopic (exact) mass is 235 g/mol. The fourth-order valence-corrected chi connectivity index (χ4v) is 1.86. The third-order valence-electron chi connectivity index (χ3n) is 2.60. The standard InChI is InChI=1S/C13H21N3O/c1-4-16(9-10(2)3)12-8-6-5-7-11(12)13(14)15-17/h5-8,10,17H,4,9H2,1-3H3,(H2,14,15). The van der Waals surface area contributed by atoms with E-state index in [2.05, 4.69) is 30.8 Å². The van der Waals surface area contributed by atoms with Gasteiger partial charge < -0.3 is 15.8 Å². The highest BCUT2D eigenvalue weighted by molar-refractivity contribution is 6.02. The highest BCUT2D eigenvalue weighted by Gasteiger charge is 2.13.